The summed E-state index contributed by atoms with van der Waals surface area (Å²) in [6, 6.07) is 16.3. The van der Waals surface area contributed by atoms with Gasteiger partial charge >= 0.3 is 12.1 Å². The third kappa shape index (κ3) is 14.5. The molecular weight excluding hydrogens is 642 g/mol. The Morgan fingerprint density at radius 1 is 0.776 bits per heavy atom. The molecule has 2 aromatic carbocycles. The van der Waals surface area contributed by atoms with Crippen molar-refractivity contribution in [2.24, 2.45) is 0 Å². The van der Waals surface area contributed by atoms with E-state index in [4.69, 9.17) is 14.2 Å². The van der Waals surface area contributed by atoms with Gasteiger partial charge in [0.25, 0.3) is 5.60 Å². The van der Waals surface area contributed by atoms with Gasteiger partial charge in [0.15, 0.2) is 0 Å². The van der Waals surface area contributed by atoms with E-state index in [2.05, 4.69) is 12.2 Å². The molecule has 1 fully saturated rings. The van der Waals surface area contributed by atoms with Gasteiger partial charge in [-0.2, -0.15) is 0 Å². The molecule has 49 heavy (non-hydrogen) atoms. The van der Waals surface area contributed by atoms with Gasteiger partial charge in [-0.25, -0.2) is 18.0 Å². The van der Waals surface area contributed by atoms with Gasteiger partial charge in [-0.15, -0.1) is 0 Å². The molecule has 0 spiro atoms. The SMILES string of the molecule is CCCCCCCCCCCCC(=O)NC(COC(=O)OC(C(=O)OC1CCCCCC1)(c1ccccc1)c1ccccc1)CS(C)(=O)=O. The minimum absolute atomic E-state index is 0.249. The average molecular weight is 700 g/mol. The van der Waals surface area contributed by atoms with Crippen LogP contribution >= 0.6 is 0 Å². The van der Waals surface area contributed by atoms with E-state index in [9.17, 15) is 22.8 Å². The molecular formula is C39H57NO8S. The van der Waals surface area contributed by atoms with E-state index in [1.165, 1.54) is 38.5 Å². The molecule has 2 aromatic rings. The lowest BCUT2D eigenvalue weighted by molar-refractivity contribution is -0.171. The zero-order valence-corrected chi connectivity index (χ0v) is 30.4. The van der Waals surface area contributed by atoms with E-state index in [1.807, 2.05) is 0 Å². The van der Waals surface area contributed by atoms with Crippen molar-refractivity contribution < 1.29 is 37.0 Å². The number of hydrogen-bond donors (Lipinski definition) is 1. The van der Waals surface area contributed by atoms with Crippen molar-refractivity contribution in [2.75, 3.05) is 18.6 Å². The summed E-state index contributed by atoms with van der Waals surface area (Å²) >= 11 is 0. The van der Waals surface area contributed by atoms with E-state index in [0.29, 0.717) is 17.5 Å². The Kier molecular flexibility index (Phi) is 17.7. The van der Waals surface area contributed by atoms with E-state index in [1.54, 1.807) is 60.7 Å². The largest absolute Gasteiger partial charge is 0.510 e. The van der Waals surface area contributed by atoms with Crippen LogP contribution in [-0.2, 0) is 39.2 Å². The zero-order chi connectivity index (χ0) is 35.4. The quantitative estimate of drug-likeness (QED) is 0.0786. The number of amides is 1. The molecule has 10 heteroatoms. The Morgan fingerprint density at radius 3 is 1.80 bits per heavy atom. The van der Waals surface area contributed by atoms with Gasteiger partial charge in [0, 0.05) is 23.8 Å². The fourth-order valence-corrected chi connectivity index (χ4v) is 7.31. The van der Waals surface area contributed by atoms with Gasteiger partial charge < -0.3 is 19.5 Å². The number of carbonyl (C=O) groups is 3. The standard InChI is InChI=1S/C39H57NO8S/c1-3-4-5-6-7-8-9-10-11-22-29-36(41)40-34(31-49(2,44)45)30-46-38(43)48-39(32-23-16-14-17-24-32,33-25-18-15-19-26-33)37(42)47-35-27-20-12-13-21-28-35/h14-19,23-26,34-35H,3-13,20-22,27-31H2,1-2H3,(H,40,41). The number of nitrogens with one attached hydrogen (secondary N) is 1. The molecule has 0 radical (unpaired) electrons. The molecule has 0 aromatic heterocycles. The van der Waals surface area contributed by atoms with Crippen LogP contribution in [0.25, 0.3) is 0 Å². The van der Waals surface area contributed by atoms with Gasteiger partial charge in [-0.3, -0.25) is 4.79 Å². The summed E-state index contributed by atoms with van der Waals surface area (Å²) in [4.78, 5) is 40.5. The zero-order valence-electron chi connectivity index (χ0n) is 29.5. The number of ether oxygens (including phenoxy) is 3. The lowest BCUT2D eigenvalue weighted by Crippen LogP contribution is -2.46. The van der Waals surface area contributed by atoms with E-state index < -0.39 is 46.0 Å². The number of rotatable bonds is 21. The lowest BCUT2D eigenvalue weighted by Gasteiger charge is -2.33. The fourth-order valence-electron chi connectivity index (χ4n) is 6.39. The van der Waals surface area contributed by atoms with Crippen molar-refractivity contribution in [1.82, 2.24) is 5.32 Å². The highest BCUT2D eigenvalue weighted by Gasteiger charge is 2.49. The molecule has 0 aliphatic heterocycles. The van der Waals surface area contributed by atoms with Gasteiger partial charge in [0.2, 0.25) is 5.91 Å². The van der Waals surface area contributed by atoms with Crippen molar-refractivity contribution in [2.45, 2.75) is 134 Å². The minimum atomic E-state index is -3.54. The normalized spacial score (nSPS) is 14.7. The number of esters is 1. The molecule has 1 aliphatic carbocycles. The highest BCUT2D eigenvalue weighted by molar-refractivity contribution is 7.90. The van der Waals surface area contributed by atoms with Crippen LogP contribution in [0.1, 0.15) is 127 Å². The van der Waals surface area contributed by atoms with Gasteiger partial charge in [-0.05, 0) is 32.1 Å². The molecule has 3 rings (SSSR count). The Bertz CT molecular complexity index is 1320. The second-order valence-electron chi connectivity index (χ2n) is 13.4. The summed E-state index contributed by atoms with van der Waals surface area (Å²) in [5.74, 6) is -1.46. The number of sulfone groups is 1. The first-order chi connectivity index (χ1) is 23.6. The fraction of sp³-hybridized carbons (Fsp3) is 0.615. The van der Waals surface area contributed by atoms with Gasteiger partial charge in [0.05, 0.1) is 11.8 Å². The second kappa shape index (κ2) is 21.6. The summed E-state index contributed by atoms with van der Waals surface area (Å²) in [6.45, 7) is 1.76. The summed E-state index contributed by atoms with van der Waals surface area (Å²) < 4.78 is 42.0. The van der Waals surface area contributed by atoms with Crippen LogP contribution < -0.4 is 5.32 Å². The van der Waals surface area contributed by atoms with E-state index >= 15 is 0 Å². The van der Waals surface area contributed by atoms with Crippen LogP contribution in [0, 0.1) is 0 Å². The monoisotopic (exact) mass is 699 g/mol. The molecule has 0 bridgehead atoms. The van der Waals surface area contributed by atoms with Gasteiger partial charge in [-0.1, -0.05) is 138 Å². The highest BCUT2D eigenvalue weighted by Crippen LogP contribution is 2.37. The molecule has 272 valence electrons. The van der Waals surface area contributed by atoms with Crippen LogP contribution in [0.3, 0.4) is 0 Å². The van der Waals surface area contributed by atoms with Crippen molar-refractivity contribution in [1.29, 1.82) is 0 Å². The molecule has 0 heterocycles. The highest BCUT2D eigenvalue weighted by atomic mass is 32.2. The van der Waals surface area contributed by atoms with Crippen LogP contribution in [0.2, 0.25) is 0 Å². The van der Waals surface area contributed by atoms with Crippen LogP contribution in [-0.4, -0.2) is 57.2 Å². The third-order valence-electron chi connectivity index (χ3n) is 8.99. The molecule has 9 nitrogen and oxygen atoms in total. The maximum atomic E-state index is 14.2. The molecule has 0 saturated heterocycles. The molecule has 1 atom stereocenters. The summed E-state index contributed by atoms with van der Waals surface area (Å²) in [5, 5.41) is 2.73. The summed E-state index contributed by atoms with van der Waals surface area (Å²) in [6.07, 6.45) is 16.6. The first-order valence-electron chi connectivity index (χ1n) is 18.3. The van der Waals surface area contributed by atoms with Crippen molar-refractivity contribution in [3.63, 3.8) is 0 Å². The first kappa shape index (κ1) is 40.0. The van der Waals surface area contributed by atoms with E-state index in [-0.39, 0.29) is 18.4 Å². The van der Waals surface area contributed by atoms with Crippen molar-refractivity contribution >= 4 is 27.9 Å². The summed E-state index contributed by atoms with van der Waals surface area (Å²) in [5.41, 5.74) is -1.21. The first-order valence-corrected chi connectivity index (χ1v) is 20.3. The summed E-state index contributed by atoms with van der Waals surface area (Å²) in [7, 11) is -3.54. The van der Waals surface area contributed by atoms with Crippen molar-refractivity contribution in [3.05, 3.63) is 71.8 Å². The van der Waals surface area contributed by atoms with Crippen LogP contribution in [0.5, 0.6) is 0 Å². The predicted molar refractivity (Wildman–Crippen MR) is 192 cm³/mol. The Balaban J connectivity index is 1.67. The smallest absolute Gasteiger partial charge is 0.459 e. The lowest BCUT2D eigenvalue weighted by atomic mass is 9.86. The second-order valence-corrected chi connectivity index (χ2v) is 15.6. The topological polar surface area (TPSA) is 125 Å². The van der Waals surface area contributed by atoms with Crippen LogP contribution in [0.15, 0.2) is 60.7 Å². The molecule has 1 aliphatic rings. The Morgan fingerprint density at radius 2 is 1.29 bits per heavy atom. The maximum Gasteiger partial charge on any atom is 0.510 e. The molecule has 1 saturated carbocycles. The molecule has 1 N–H and O–H groups in total. The number of hydrogen-bond acceptors (Lipinski definition) is 8. The van der Waals surface area contributed by atoms with Gasteiger partial charge in [0.1, 0.15) is 22.5 Å². The Labute approximate surface area is 293 Å². The molecule has 1 amide bonds. The molecule has 1 unspecified atom stereocenters. The Hall–Kier alpha value is -3.40. The minimum Gasteiger partial charge on any atom is -0.459 e. The average Bonchev–Trinajstić information content (AvgIpc) is 3.35. The van der Waals surface area contributed by atoms with E-state index in [0.717, 1.165) is 64.0 Å². The van der Waals surface area contributed by atoms with Crippen molar-refractivity contribution in [3.8, 4) is 0 Å². The third-order valence-corrected chi connectivity index (χ3v) is 10.00. The number of benzene rings is 2. The predicted octanol–water partition coefficient (Wildman–Crippen LogP) is 8.19. The van der Waals surface area contributed by atoms with Crippen LogP contribution in [0.4, 0.5) is 4.79 Å². The number of carbonyl (C=O) groups excluding carboxylic acids is 3. The maximum absolute atomic E-state index is 14.2. The number of unbranched alkanes of at least 4 members (excludes halogenated alkanes) is 9.